The minimum Gasteiger partial charge on any atom is -0.490 e. The van der Waals surface area contributed by atoms with Crippen molar-refractivity contribution in [1.82, 2.24) is 0 Å². The van der Waals surface area contributed by atoms with E-state index < -0.39 is 5.82 Å². The Hall–Kier alpha value is -2.27. The lowest BCUT2D eigenvalue weighted by Gasteiger charge is -2.29. The van der Waals surface area contributed by atoms with E-state index in [9.17, 15) is 9.18 Å². The number of carbonyl (C=O) groups is 1. The van der Waals surface area contributed by atoms with Crippen LogP contribution in [0.25, 0.3) is 0 Å². The molecule has 0 saturated carbocycles. The number of carbonyl (C=O) groups excluding carboxylic acids is 1. The zero-order valence-corrected chi connectivity index (χ0v) is 11.7. The van der Waals surface area contributed by atoms with Crippen LogP contribution in [0, 0.1) is 5.82 Å². The number of nitrogens with zero attached hydrogens (tertiary/aromatic N) is 1. The van der Waals surface area contributed by atoms with Gasteiger partial charge in [0.1, 0.15) is 18.2 Å². The number of hydrogen-bond donors (Lipinski definition) is 1. The van der Waals surface area contributed by atoms with Gasteiger partial charge in [-0.15, -0.1) is 0 Å². The molecule has 0 atom stereocenters. The molecule has 6 heteroatoms. The molecule has 1 N–H and O–H groups in total. The summed E-state index contributed by atoms with van der Waals surface area (Å²) < 4.78 is 18.6. The largest absolute Gasteiger partial charge is 0.490 e. The molecule has 0 fully saturated rings. The Balaban J connectivity index is 1.81. The second kappa shape index (κ2) is 5.61. The van der Waals surface area contributed by atoms with Crippen molar-refractivity contribution < 1.29 is 13.9 Å². The molecule has 1 aliphatic heterocycles. The summed E-state index contributed by atoms with van der Waals surface area (Å²) in [4.78, 5) is 13.9. The average Bonchev–Trinajstić information content (AvgIpc) is 2.50. The van der Waals surface area contributed by atoms with E-state index in [4.69, 9.17) is 16.3 Å². The zero-order chi connectivity index (χ0) is 14.8. The van der Waals surface area contributed by atoms with Crippen molar-refractivity contribution >= 4 is 29.0 Å². The van der Waals surface area contributed by atoms with Gasteiger partial charge in [-0.05, 0) is 30.3 Å². The number of benzene rings is 2. The van der Waals surface area contributed by atoms with Crippen molar-refractivity contribution in [3.05, 3.63) is 53.3 Å². The van der Waals surface area contributed by atoms with E-state index >= 15 is 0 Å². The predicted molar refractivity (Wildman–Crippen MR) is 79.7 cm³/mol. The van der Waals surface area contributed by atoms with Crippen molar-refractivity contribution in [2.45, 2.75) is 0 Å². The molecule has 1 heterocycles. The molecule has 2 amide bonds. The molecule has 0 unspecified atom stereocenters. The molecule has 0 bridgehead atoms. The van der Waals surface area contributed by atoms with E-state index in [0.29, 0.717) is 30.3 Å². The van der Waals surface area contributed by atoms with Crippen LogP contribution in [-0.2, 0) is 0 Å². The van der Waals surface area contributed by atoms with Gasteiger partial charge in [-0.2, -0.15) is 0 Å². The van der Waals surface area contributed by atoms with Crippen LogP contribution in [0.15, 0.2) is 42.5 Å². The number of ether oxygens (including phenoxy) is 1. The summed E-state index contributed by atoms with van der Waals surface area (Å²) >= 11 is 5.70. The number of hydrogen-bond acceptors (Lipinski definition) is 2. The van der Waals surface area contributed by atoms with Gasteiger partial charge in [-0.25, -0.2) is 9.18 Å². The first kappa shape index (κ1) is 13.7. The first-order valence-electron chi connectivity index (χ1n) is 6.40. The van der Waals surface area contributed by atoms with Gasteiger partial charge >= 0.3 is 6.03 Å². The molecule has 2 aromatic carbocycles. The number of para-hydroxylation sites is 2. The van der Waals surface area contributed by atoms with Gasteiger partial charge in [0.05, 0.1) is 17.3 Å². The minimum absolute atomic E-state index is 0.0322. The quantitative estimate of drug-likeness (QED) is 0.868. The number of nitrogens with one attached hydrogen (secondary N) is 1. The standard InChI is InChI=1S/C15H12ClFN2O2/c16-11-9-10(5-6-12(11)17)18-15(20)19-7-8-21-14-4-2-1-3-13(14)19/h1-6,9H,7-8H2,(H,18,20). The summed E-state index contributed by atoms with van der Waals surface area (Å²) in [5, 5.41) is 2.67. The topological polar surface area (TPSA) is 41.6 Å². The SMILES string of the molecule is O=C(Nc1ccc(F)c(Cl)c1)N1CCOc2ccccc21. The summed E-state index contributed by atoms with van der Waals surface area (Å²) in [7, 11) is 0. The molecule has 0 saturated heterocycles. The maximum absolute atomic E-state index is 13.1. The Morgan fingerprint density at radius 2 is 2.10 bits per heavy atom. The maximum Gasteiger partial charge on any atom is 0.326 e. The van der Waals surface area contributed by atoms with E-state index in [0.717, 1.165) is 0 Å². The molecule has 108 valence electrons. The Bertz CT molecular complexity index is 693. The Morgan fingerprint density at radius 3 is 2.90 bits per heavy atom. The summed E-state index contributed by atoms with van der Waals surface area (Å²) in [6.07, 6.45) is 0. The second-order valence-electron chi connectivity index (χ2n) is 4.53. The van der Waals surface area contributed by atoms with Gasteiger partial charge in [0.15, 0.2) is 0 Å². The normalized spacial score (nSPS) is 13.3. The molecule has 2 aromatic rings. The smallest absolute Gasteiger partial charge is 0.326 e. The third-order valence-electron chi connectivity index (χ3n) is 3.14. The van der Waals surface area contributed by atoms with Crippen LogP contribution in [0.1, 0.15) is 0 Å². The van der Waals surface area contributed by atoms with Crippen molar-refractivity contribution in [3.8, 4) is 5.75 Å². The lowest BCUT2D eigenvalue weighted by Crippen LogP contribution is -2.40. The van der Waals surface area contributed by atoms with Crippen LogP contribution in [-0.4, -0.2) is 19.2 Å². The van der Waals surface area contributed by atoms with Gasteiger partial charge in [0.25, 0.3) is 0 Å². The predicted octanol–water partition coefficient (Wildman–Crippen LogP) is 3.91. The number of amides is 2. The minimum atomic E-state index is -0.522. The fourth-order valence-corrected chi connectivity index (χ4v) is 2.33. The van der Waals surface area contributed by atoms with Gasteiger partial charge in [0, 0.05) is 5.69 Å². The molecule has 4 nitrogen and oxygen atoms in total. The molecular formula is C15H12ClFN2O2. The van der Waals surface area contributed by atoms with E-state index in [2.05, 4.69) is 5.32 Å². The van der Waals surface area contributed by atoms with E-state index in [1.54, 1.807) is 4.90 Å². The number of halogens is 2. The highest BCUT2D eigenvalue weighted by atomic mass is 35.5. The van der Waals surface area contributed by atoms with Crippen LogP contribution in [0.2, 0.25) is 5.02 Å². The van der Waals surface area contributed by atoms with Crippen LogP contribution in [0.3, 0.4) is 0 Å². The zero-order valence-electron chi connectivity index (χ0n) is 11.0. The van der Waals surface area contributed by atoms with Crippen LogP contribution < -0.4 is 15.0 Å². The molecule has 21 heavy (non-hydrogen) atoms. The fraction of sp³-hybridized carbons (Fsp3) is 0.133. The van der Waals surface area contributed by atoms with Gasteiger partial charge in [-0.1, -0.05) is 23.7 Å². The highest BCUT2D eigenvalue weighted by Gasteiger charge is 2.23. The fourth-order valence-electron chi connectivity index (χ4n) is 2.15. The van der Waals surface area contributed by atoms with Gasteiger partial charge in [-0.3, -0.25) is 4.90 Å². The Kier molecular flexibility index (Phi) is 3.66. The summed E-state index contributed by atoms with van der Waals surface area (Å²) in [5.74, 6) is 0.141. The number of anilines is 2. The Morgan fingerprint density at radius 1 is 1.29 bits per heavy atom. The van der Waals surface area contributed by atoms with Gasteiger partial charge < -0.3 is 10.1 Å². The van der Waals surface area contributed by atoms with Crippen LogP contribution in [0.5, 0.6) is 5.75 Å². The maximum atomic E-state index is 13.1. The third kappa shape index (κ3) is 2.78. The highest BCUT2D eigenvalue weighted by Crippen LogP contribution is 2.31. The summed E-state index contributed by atoms with van der Waals surface area (Å²) in [6, 6.07) is 11.0. The van der Waals surface area contributed by atoms with E-state index in [-0.39, 0.29) is 11.1 Å². The Labute approximate surface area is 126 Å². The van der Waals surface area contributed by atoms with Crippen molar-refractivity contribution in [1.29, 1.82) is 0 Å². The third-order valence-corrected chi connectivity index (χ3v) is 3.43. The number of rotatable bonds is 1. The molecular weight excluding hydrogens is 295 g/mol. The van der Waals surface area contributed by atoms with Crippen molar-refractivity contribution in [2.24, 2.45) is 0 Å². The van der Waals surface area contributed by atoms with Gasteiger partial charge in [0.2, 0.25) is 0 Å². The first-order valence-corrected chi connectivity index (χ1v) is 6.78. The highest BCUT2D eigenvalue weighted by molar-refractivity contribution is 6.31. The molecule has 0 aliphatic carbocycles. The van der Waals surface area contributed by atoms with Crippen LogP contribution >= 0.6 is 11.6 Å². The average molecular weight is 307 g/mol. The lowest BCUT2D eigenvalue weighted by molar-refractivity contribution is 0.250. The van der Waals surface area contributed by atoms with Crippen molar-refractivity contribution in [2.75, 3.05) is 23.4 Å². The molecule has 1 aliphatic rings. The molecule has 0 aromatic heterocycles. The number of fused-ring (bicyclic) bond motifs is 1. The summed E-state index contributed by atoms with van der Waals surface area (Å²) in [5.41, 5.74) is 1.14. The monoisotopic (exact) mass is 306 g/mol. The molecule has 0 radical (unpaired) electrons. The van der Waals surface area contributed by atoms with Crippen molar-refractivity contribution in [3.63, 3.8) is 0 Å². The van der Waals surface area contributed by atoms with Crippen LogP contribution in [0.4, 0.5) is 20.6 Å². The number of urea groups is 1. The second-order valence-corrected chi connectivity index (χ2v) is 4.93. The lowest BCUT2D eigenvalue weighted by atomic mass is 10.2. The van der Waals surface area contributed by atoms with E-state index in [1.165, 1.54) is 18.2 Å². The first-order chi connectivity index (χ1) is 10.1. The molecule has 3 rings (SSSR count). The molecule has 0 spiro atoms. The van der Waals surface area contributed by atoms with E-state index in [1.807, 2.05) is 24.3 Å². The summed E-state index contributed by atoms with van der Waals surface area (Å²) in [6.45, 7) is 0.867.